The third-order valence-corrected chi connectivity index (χ3v) is 7.04. The quantitative estimate of drug-likeness (QED) is 0.458. The summed E-state index contributed by atoms with van der Waals surface area (Å²) in [4.78, 5) is 24.5. The minimum Gasteiger partial charge on any atom is -0.449 e. The largest absolute Gasteiger partial charge is 0.449 e. The van der Waals surface area contributed by atoms with E-state index in [9.17, 15) is 31.2 Å². The van der Waals surface area contributed by atoms with Crippen LogP contribution in [0.5, 0.6) is 0 Å². The van der Waals surface area contributed by atoms with Crippen LogP contribution in [-0.4, -0.2) is 26.4 Å². The van der Waals surface area contributed by atoms with E-state index in [2.05, 4.69) is 10.0 Å². The van der Waals surface area contributed by atoms with Crippen LogP contribution in [0.15, 0.2) is 70.3 Å². The van der Waals surface area contributed by atoms with Crippen LogP contribution in [0.25, 0.3) is 0 Å². The van der Waals surface area contributed by atoms with Gasteiger partial charge in [0.25, 0.3) is 15.9 Å². The van der Waals surface area contributed by atoms with Crippen molar-refractivity contribution in [2.45, 2.75) is 23.4 Å². The van der Waals surface area contributed by atoms with Gasteiger partial charge in [0.05, 0.1) is 11.1 Å². The van der Waals surface area contributed by atoms with Crippen molar-refractivity contribution in [1.29, 1.82) is 0 Å². The van der Waals surface area contributed by atoms with Gasteiger partial charge in [0, 0.05) is 11.4 Å². The standard InChI is InChI=1S/C21H17F3N2O5S2/c1-13(19(27)25-16-10-6-15(7-11-16)21(22,23)24)31-20(28)14-4-8-17(9-5-14)26-33(29,30)18-3-2-12-32-18/h2-13,26H,1H3,(H,25,27). The number of hydrogen-bond donors (Lipinski definition) is 2. The van der Waals surface area contributed by atoms with E-state index in [1.54, 1.807) is 11.4 Å². The Morgan fingerprint density at radius 3 is 2.12 bits per heavy atom. The van der Waals surface area contributed by atoms with Crippen molar-refractivity contribution in [2.75, 3.05) is 10.0 Å². The monoisotopic (exact) mass is 498 g/mol. The normalized spacial score (nSPS) is 12.6. The highest BCUT2D eigenvalue weighted by atomic mass is 32.2. The predicted octanol–water partition coefficient (Wildman–Crippen LogP) is 4.75. The summed E-state index contributed by atoms with van der Waals surface area (Å²) in [7, 11) is -3.74. The van der Waals surface area contributed by atoms with Crippen molar-refractivity contribution in [3.05, 3.63) is 77.2 Å². The third kappa shape index (κ3) is 6.33. The lowest BCUT2D eigenvalue weighted by molar-refractivity contribution is -0.137. The SMILES string of the molecule is CC(OC(=O)c1ccc(NS(=O)(=O)c2cccs2)cc1)C(=O)Nc1ccc(C(F)(F)F)cc1. The molecule has 1 heterocycles. The first-order valence-electron chi connectivity index (χ1n) is 9.31. The molecule has 174 valence electrons. The fraction of sp³-hybridized carbons (Fsp3) is 0.143. The number of benzene rings is 2. The first kappa shape index (κ1) is 24.3. The smallest absolute Gasteiger partial charge is 0.416 e. The molecule has 3 rings (SSSR count). The van der Waals surface area contributed by atoms with E-state index in [-0.39, 0.29) is 21.1 Å². The summed E-state index contributed by atoms with van der Waals surface area (Å²) in [5.74, 6) is -1.57. The molecule has 1 aromatic heterocycles. The van der Waals surface area contributed by atoms with Gasteiger partial charge in [0.15, 0.2) is 6.10 Å². The Morgan fingerprint density at radius 1 is 0.970 bits per heavy atom. The zero-order valence-corrected chi connectivity index (χ0v) is 18.6. The fourth-order valence-electron chi connectivity index (χ4n) is 2.56. The van der Waals surface area contributed by atoms with E-state index in [1.807, 2.05) is 0 Å². The maximum atomic E-state index is 12.6. The number of ether oxygens (including phenoxy) is 1. The summed E-state index contributed by atoms with van der Waals surface area (Å²) in [5.41, 5.74) is -0.448. The minimum atomic E-state index is -4.50. The average Bonchev–Trinajstić information content (AvgIpc) is 3.30. The zero-order chi connectivity index (χ0) is 24.2. The van der Waals surface area contributed by atoms with Gasteiger partial charge in [-0.15, -0.1) is 11.3 Å². The van der Waals surface area contributed by atoms with Crippen LogP contribution in [0.4, 0.5) is 24.5 Å². The summed E-state index contributed by atoms with van der Waals surface area (Å²) in [6, 6.07) is 12.3. The number of esters is 1. The van der Waals surface area contributed by atoms with Crippen molar-refractivity contribution < 1.29 is 35.9 Å². The molecule has 33 heavy (non-hydrogen) atoms. The van der Waals surface area contributed by atoms with E-state index in [0.717, 1.165) is 35.6 Å². The van der Waals surface area contributed by atoms with Crippen LogP contribution in [0.1, 0.15) is 22.8 Å². The van der Waals surface area contributed by atoms with E-state index in [1.165, 1.54) is 37.3 Å². The molecular weight excluding hydrogens is 481 g/mol. The van der Waals surface area contributed by atoms with Crippen molar-refractivity contribution >= 4 is 44.6 Å². The Morgan fingerprint density at radius 2 is 1.58 bits per heavy atom. The van der Waals surface area contributed by atoms with Crippen molar-refractivity contribution in [3.8, 4) is 0 Å². The van der Waals surface area contributed by atoms with Gasteiger partial charge >= 0.3 is 12.1 Å². The Balaban J connectivity index is 1.57. The highest BCUT2D eigenvalue weighted by Crippen LogP contribution is 2.29. The van der Waals surface area contributed by atoms with Crippen LogP contribution >= 0.6 is 11.3 Å². The summed E-state index contributed by atoms with van der Waals surface area (Å²) in [6.45, 7) is 1.31. The number of carbonyl (C=O) groups excluding carboxylic acids is 2. The lowest BCUT2D eigenvalue weighted by atomic mass is 10.2. The molecule has 7 nitrogen and oxygen atoms in total. The first-order valence-corrected chi connectivity index (χ1v) is 11.7. The molecule has 0 bridgehead atoms. The Hall–Kier alpha value is -3.38. The van der Waals surface area contributed by atoms with Gasteiger partial charge in [-0.1, -0.05) is 6.07 Å². The van der Waals surface area contributed by atoms with Gasteiger partial charge in [-0.25, -0.2) is 13.2 Å². The second kappa shape index (κ2) is 9.63. The summed E-state index contributed by atoms with van der Waals surface area (Å²) < 4.78 is 69.9. The summed E-state index contributed by atoms with van der Waals surface area (Å²) >= 11 is 1.06. The lowest BCUT2D eigenvalue weighted by Gasteiger charge is -2.14. The van der Waals surface area contributed by atoms with Gasteiger partial charge in [-0.05, 0) is 66.9 Å². The first-order chi connectivity index (χ1) is 15.5. The Kier molecular flexibility index (Phi) is 7.08. The number of carbonyl (C=O) groups is 2. The number of sulfonamides is 1. The van der Waals surface area contributed by atoms with E-state index >= 15 is 0 Å². The topological polar surface area (TPSA) is 102 Å². The highest BCUT2D eigenvalue weighted by molar-refractivity contribution is 7.94. The molecule has 0 fully saturated rings. The highest BCUT2D eigenvalue weighted by Gasteiger charge is 2.30. The molecule has 0 spiro atoms. The molecule has 3 aromatic rings. The molecule has 0 saturated carbocycles. The zero-order valence-electron chi connectivity index (χ0n) is 16.9. The molecule has 1 unspecified atom stereocenters. The summed E-state index contributed by atoms with van der Waals surface area (Å²) in [5, 5.41) is 3.99. The Labute approximate surface area is 191 Å². The fourth-order valence-corrected chi connectivity index (χ4v) is 4.62. The molecule has 1 amide bonds. The van der Waals surface area contributed by atoms with Crippen LogP contribution in [-0.2, 0) is 25.7 Å². The number of rotatable bonds is 7. The minimum absolute atomic E-state index is 0.0725. The van der Waals surface area contributed by atoms with Crippen molar-refractivity contribution in [2.24, 2.45) is 0 Å². The van der Waals surface area contributed by atoms with E-state index < -0.39 is 39.7 Å². The number of amides is 1. The van der Waals surface area contributed by atoms with Crippen LogP contribution in [0.2, 0.25) is 0 Å². The average molecular weight is 499 g/mol. The van der Waals surface area contributed by atoms with Crippen LogP contribution in [0, 0.1) is 0 Å². The number of nitrogens with one attached hydrogen (secondary N) is 2. The second-order valence-electron chi connectivity index (χ2n) is 6.73. The maximum Gasteiger partial charge on any atom is 0.416 e. The molecule has 0 radical (unpaired) electrons. The molecule has 2 aromatic carbocycles. The number of thiophene rings is 1. The Bertz CT molecular complexity index is 1220. The predicted molar refractivity (Wildman–Crippen MR) is 117 cm³/mol. The van der Waals surface area contributed by atoms with Crippen molar-refractivity contribution in [1.82, 2.24) is 0 Å². The molecule has 0 saturated heterocycles. The number of alkyl halides is 3. The third-order valence-electron chi connectivity index (χ3n) is 4.27. The molecular formula is C21H17F3N2O5S2. The van der Waals surface area contributed by atoms with Crippen LogP contribution in [0.3, 0.4) is 0 Å². The summed E-state index contributed by atoms with van der Waals surface area (Å²) in [6.07, 6.45) is -5.73. The molecule has 0 aliphatic rings. The number of anilines is 2. The molecule has 2 N–H and O–H groups in total. The van der Waals surface area contributed by atoms with Gasteiger partial charge in [-0.2, -0.15) is 13.2 Å². The van der Waals surface area contributed by atoms with Gasteiger partial charge in [0.1, 0.15) is 4.21 Å². The molecule has 0 aliphatic carbocycles. The van der Waals surface area contributed by atoms with Gasteiger partial charge in [0.2, 0.25) is 0 Å². The molecule has 12 heteroatoms. The van der Waals surface area contributed by atoms with E-state index in [0.29, 0.717) is 0 Å². The van der Waals surface area contributed by atoms with Crippen LogP contribution < -0.4 is 10.0 Å². The lowest BCUT2D eigenvalue weighted by Crippen LogP contribution is -2.30. The maximum absolute atomic E-state index is 12.6. The molecule has 0 aliphatic heterocycles. The van der Waals surface area contributed by atoms with E-state index in [4.69, 9.17) is 4.74 Å². The molecule has 1 atom stereocenters. The number of halogens is 3. The van der Waals surface area contributed by atoms with Gasteiger partial charge in [-0.3, -0.25) is 9.52 Å². The van der Waals surface area contributed by atoms with Gasteiger partial charge < -0.3 is 10.1 Å². The number of hydrogen-bond acceptors (Lipinski definition) is 6. The van der Waals surface area contributed by atoms with Crippen molar-refractivity contribution in [3.63, 3.8) is 0 Å². The second-order valence-corrected chi connectivity index (χ2v) is 9.58.